The van der Waals surface area contributed by atoms with E-state index >= 15 is 0 Å². The maximum atomic E-state index is 11.6. The van der Waals surface area contributed by atoms with Gasteiger partial charge in [-0.05, 0) is 32.1 Å². The number of aromatic nitrogens is 2. The number of hydrogen-bond acceptors (Lipinski definition) is 4. The van der Waals surface area contributed by atoms with Crippen LogP contribution in [0.3, 0.4) is 0 Å². The van der Waals surface area contributed by atoms with E-state index in [9.17, 15) is 14.7 Å². The van der Waals surface area contributed by atoms with E-state index in [2.05, 4.69) is 17.3 Å². The number of nitrogens with zero attached hydrogens (tertiary/aromatic N) is 3. The van der Waals surface area contributed by atoms with Gasteiger partial charge in [0.05, 0.1) is 0 Å². The van der Waals surface area contributed by atoms with Gasteiger partial charge in [0.1, 0.15) is 0 Å². The van der Waals surface area contributed by atoms with Crippen molar-refractivity contribution in [2.75, 3.05) is 19.6 Å². The highest BCUT2D eigenvalue weighted by Crippen LogP contribution is 2.25. The largest absolute Gasteiger partial charge is 0.476 e. The molecule has 2 N–H and O–H groups in total. The average molecular weight is 334 g/mol. The molecule has 0 bridgehead atoms. The number of amides is 1. The first-order valence-electron chi connectivity index (χ1n) is 8.93. The van der Waals surface area contributed by atoms with Gasteiger partial charge in [0.2, 0.25) is 5.91 Å². The highest BCUT2D eigenvalue weighted by atomic mass is 16.4. The second-order valence-electron chi connectivity index (χ2n) is 6.68. The van der Waals surface area contributed by atoms with E-state index in [1.165, 1.54) is 0 Å². The molecular formula is C17H26N4O3. The predicted molar refractivity (Wildman–Crippen MR) is 89.1 cm³/mol. The number of nitrogens with one attached hydrogen (secondary N) is 1. The number of likely N-dealkylation sites (tertiary alicyclic amines) is 1. The molecule has 3 rings (SSSR count). The summed E-state index contributed by atoms with van der Waals surface area (Å²) in [7, 11) is 0. The number of carbonyl (C=O) groups excluding carboxylic acids is 1. The van der Waals surface area contributed by atoms with Gasteiger partial charge >= 0.3 is 5.97 Å². The van der Waals surface area contributed by atoms with Crippen LogP contribution in [0.25, 0.3) is 0 Å². The molecule has 1 atom stereocenters. The van der Waals surface area contributed by atoms with E-state index in [-0.39, 0.29) is 17.6 Å². The number of carboxylic acids is 1. The minimum absolute atomic E-state index is 0.208. The molecule has 1 aliphatic carbocycles. The van der Waals surface area contributed by atoms with E-state index in [4.69, 9.17) is 0 Å². The highest BCUT2D eigenvalue weighted by molar-refractivity contribution is 5.87. The summed E-state index contributed by atoms with van der Waals surface area (Å²) in [5, 5.41) is 17.2. The molecule has 1 aromatic rings. The first-order chi connectivity index (χ1) is 11.6. The fourth-order valence-corrected chi connectivity index (χ4v) is 3.77. The number of hydrogen-bond donors (Lipinski definition) is 2. The minimum atomic E-state index is -0.940. The van der Waals surface area contributed by atoms with Crippen molar-refractivity contribution in [3.63, 3.8) is 0 Å². The number of aryl methyl sites for hydroxylation is 1. The average Bonchev–Trinajstić information content (AvgIpc) is 3.12. The summed E-state index contributed by atoms with van der Waals surface area (Å²) in [6.07, 6.45) is 5.12. The molecule has 2 aliphatic rings. The summed E-state index contributed by atoms with van der Waals surface area (Å²) in [5.41, 5.74) is 2.18. The number of carboxylic acid groups (broad SMARTS) is 1. The predicted octanol–water partition coefficient (Wildman–Crippen LogP) is 1.06. The quantitative estimate of drug-likeness (QED) is 0.778. The van der Waals surface area contributed by atoms with Gasteiger partial charge in [-0.15, -0.1) is 0 Å². The molecule has 7 heteroatoms. The molecule has 1 aromatic heterocycles. The van der Waals surface area contributed by atoms with E-state index in [1.807, 2.05) is 9.58 Å². The Balaban J connectivity index is 1.61. The van der Waals surface area contributed by atoms with Crippen LogP contribution in [-0.2, 0) is 24.2 Å². The van der Waals surface area contributed by atoms with Crippen molar-refractivity contribution in [1.29, 1.82) is 0 Å². The van der Waals surface area contributed by atoms with Crippen molar-refractivity contribution in [3.05, 3.63) is 17.0 Å². The SMILES string of the molecule is CCCn1nc(C(=O)O)c2c1CC[C@@H](NCCN1CCCC1=O)C2. The molecule has 1 saturated heterocycles. The number of aromatic carboxylic acids is 1. The van der Waals surface area contributed by atoms with Crippen LogP contribution < -0.4 is 5.32 Å². The van der Waals surface area contributed by atoms with Crippen LogP contribution in [0.15, 0.2) is 0 Å². The summed E-state index contributed by atoms with van der Waals surface area (Å²) in [6, 6.07) is 0.257. The smallest absolute Gasteiger partial charge is 0.356 e. The van der Waals surface area contributed by atoms with E-state index in [1.54, 1.807) is 0 Å². The van der Waals surface area contributed by atoms with Gasteiger partial charge in [-0.2, -0.15) is 5.10 Å². The van der Waals surface area contributed by atoms with Crippen LogP contribution in [0.4, 0.5) is 0 Å². The van der Waals surface area contributed by atoms with Gasteiger partial charge < -0.3 is 15.3 Å². The van der Waals surface area contributed by atoms with Gasteiger partial charge in [-0.25, -0.2) is 4.79 Å². The molecule has 0 aromatic carbocycles. The number of fused-ring (bicyclic) bond motifs is 1. The second kappa shape index (κ2) is 7.34. The van der Waals surface area contributed by atoms with Crippen molar-refractivity contribution in [3.8, 4) is 0 Å². The van der Waals surface area contributed by atoms with E-state index in [0.29, 0.717) is 12.8 Å². The first-order valence-corrected chi connectivity index (χ1v) is 8.93. The lowest BCUT2D eigenvalue weighted by Crippen LogP contribution is -2.40. The lowest BCUT2D eigenvalue weighted by Gasteiger charge is -2.25. The number of carbonyl (C=O) groups is 2. The topological polar surface area (TPSA) is 87.5 Å². The van der Waals surface area contributed by atoms with Gasteiger partial charge in [-0.3, -0.25) is 9.48 Å². The lowest BCUT2D eigenvalue weighted by atomic mass is 9.91. The third kappa shape index (κ3) is 3.45. The fraction of sp³-hybridized carbons (Fsp3) is 0.706. The Hall–Kier alpha value is -1.89. The van der Waals surface area contributed by atoms with Gasteiger partial charge in [-0.1, -0.05) is 6.92 Å². The Labute approximate surface area is 142 Å². The Bertz CT molecular complexity index is 626. The monoisotopic (exact) mass is 334 g/mol. The molecule has 1 fully saturated rings. The van der Waals surface area contributed by atoms with Crippen LogP contribution in [0.5, 0.6) is 0 Å². The zero-order chi connectivity index (χ0) is 17.1. The van der Waals surface area contributed by atoms with E-state index < -0.39 is 5.97 Å². The molecule has 24 heavy (non-hydrogen) atoms. The van der Waals surface area contributed by atoms with Crippen LogP contribution in [0.2, 0.25) is 0 Å². The van der Waals surface area contributed by atoms with Crippen LogP contribution in [0, 0.1) is 0 Å². The summed E-state index contributed by atoms with van der Waals surface area (Å²) >= 11 is 0. The Morgan fingerprint density at radius 3 is 2.88 bits per heavy atom. The molecular weight excluding hydrogens is 308 g/mol. The van der Waals surface area contributed by atoms with Crippen LogP contribution in [0.1, 0.15) is 54.4 Å². The highest BCUT2D eigenvalue weighted by Gasteiger charge is 2.29. The zero-order valence-electron chi connectivity index (χ0n) is 14.3. The van der Waals surface area contributed by atoms with Crippen molar-refractivity contribution in [2.45, 2.75) is 58.0 Å². The molecule has 0 spiro atoms. The van der Waals surface area contributed by atoms with Gasteiger partial charge in [0.15, 0.2) is 5.69 Å². The van der Waals surface area contributed by atoms with Crippen molar-refractivity contribution in [1.82, 2.24) is 20.0 Å². The maximum absolute atomic E-state index is 11.6. The third-order valence-electron chi connectivity index (χ3n) is 4.97. The molecule has 7 nitrogen and oxygen atoms in total. The zero-order valence-corrected chi connectivity index (χ0v) is 14.3. The van der Waals surface area contributed by atoms with Gasteiger partial charge in [0.25, 0.3) is 0 Å². The summed E-state index contributed by atoms with van der Waals surface area (Å²) in [4.78, 5) is 25.0. The van der Waals surface area contributed by atoms with Crippen LogP contribution >= 0.6 is 0 Å². The standard InChI is InChI=1S/C17H26N4O3/c1-2-8-21-14-6-5-12(11-13(14)16(19-21)17(23)24)18-7-10-20-9-3-4-15(20)22/h12,18H,2-11H2,1H3,(H,23,24)/t12-/m1/s1. The van der Waals surface area contributed by atoms with Crippen molar-refractivity contribution in [2.24, 2.45) is 0 Å². The van der Waals surface area contributed by atoms with Gasteiger partial charge in [0, 0.05) is 49.9 Å². The third-order valence-corrected chi connectivity index (χ3v) is 4.97. The molecule has 1 amide bonds. The lowest BCUT2D eigenvalue weighted by molar-refractivity contribution is -0.127. The molecule has 1 aliphatic heterocycles. The maximum Gasteiger partial charge on any atom is 0.356 e. The van der Waals surface area contributed by atoms with E-state index in [0.717, 1.165) is 63.1 Å². The molecule has 2 heterocycles. The molecule has 0 unspecified atom stereocenters. The first kappa shape index (κ1) is 17.0. The Morgan fingerprint density at radius 1 is 1.38 bits per heavy atom. The Morgan fingerprint density at radius 2 is 2.21 bits per heavy atom. The van der Waals surface area contributed by atoms with Crippen LogP contribution in [-0.4, -0.2) is 57.3 Å². The fourth-order valence-electron chi connectivity index (χ4n) is 3.77. The summed E-state index contributed by atoms with van der Waals surface area (Å²) < 4.78 is 1.87. The second-order valence-corrected chi connectivity index (χ2v) is 6.68. The molecule has 0 saturated carbocycles. The summed E-state index contributed by atoms with van der Waals surface area (Å²) in [5.74, 6) is -0.693. The molecule has 0 radical (unpaired) electrons. The minimum Gasteiger partial charge on any atom is -0.476 e. The Kier molecular flexibility index (Phi) is 5.18. The van der Waals surface area contributed by atoms with Crippen molar-refractivity contribution < 1.29 is 14.7 Å². The van der Waals surface area contributed by atoms with Crippen molar-refractivity contribution >= 4 is 11.9 Å². The number of rotatable bonds is 7. The normalized spacial score (nSPS) is 20.5. The summed E-state index contributed by atoms with van der Waals surface area (Å²) in [6.45, 7) is 5.20. The molecule has 132 valence electrons.